The Hall–Kier alpha value is -0.820. The van der Waals surface area contributed by atoms with Gasteiger partial charge in [-0.15, -0.1) is 0 Å². The van der Waals surface area contributed by atoms with E-state index in [9.17, 15) is 4.79 Å². The van der Waals surface area contributed by atoms with Crippen LogP contribution in [0.5, 0.6) is 0 Å². The SMILES string of the molecule is O=C(Cc1ccccc1Cl)C1CCCCCCC1. The van der Waals surface area contributed by atoms with Crippen LogP contribution < -0.4 is 0 Å². The molecule has 0 N–H and O–H groups in total. The average Bonchev–Trinajstić information content (AvgIpc) is 2.31. The lowest BCUT2D eigenvalue weighted by Gasteiger charge is -2.18. The van der Waals surface area contributed by atoms with Crippen LogP contribution in [0.1, 0.15) is 50.5 Å². The van der Waals surface area contributed by atoms with Gasteiger partial charge in [0.25, 0.3) is 0 Å². The zero-order chi connectivity index (χ0) is 12.8. The van der Waals surface area contributed by atoms with Gasteiger partial charge in [0, 0.05) is 17.4 Å². The van der Waals surface area contributed by atoms with Crippen LogP contribution in [0.4, 0.5) is 0 Å². The van der Waals surface area contributed by atoms with Crippen molar-refractivity contribution >= 4 is 17.4 Å². The molecule has 0 spiro atoms. The number of ketones is 1. The Labute approximate surface area is 115 Å². The van der Waals surface area contributed by atoms with E-state index in [-0.39, 0.29) is 5.92 Å². The van der Waals surface area contributed by atoms with Gasteiger partial charge in [0.05, 0.1) is 0 Å². The third-order valence-corrected chi connectivity index (χ3v) is 4.25. The number of benzene rings is 1. The second-order valence-corrected chi connectivity index (χ2v) is 5.68. The Morgan fingerprint density at radius 2 is 1.67 bits per heavy atom. The van der Waals surface area contributed by atoms with Gasteiger partial charge in [0.15, 0.2) is 0 Å². The van der Waals surface area contributed by atoms with Gasteiger partial charge in [-0.2, -0.15) is 0 Å². The number of halogens is 1. The maximum Gasteiger partial charge on any atom is 0.140 e. The Kier molecular flexibility index (Phi) is 5.25. The molecule has 0 radical (unpaired) electrons. The van der Waals surface area contributed by atoms with Crippen molar-refractivity contribution in [1.82, 2.24) is 0 Å². The zero-order valence-electron chi connectivity index (χ0n) is 10.8. The molecule has 0 saturated heterocycles. The standard InChI is InChI=1S/C16H21ClO/c17-15-11-7-6-10-14(15)12-16(18)13-8-4-2-1-3-5-9-13/h6-7,10-11,13H,1-5,8-9,12H2. The van der Waals surface area contributed by atoms with E-state index in [4.69, 9.17) is 11.6 Å². The molecule has 2 rings (SSSR count). The van der Waals surface area contributed by atoms with E-state index in [0.29, 0.717) is 12.2 Å². The van der Waals surface area contributed by atoms with Crippen LogP contribution in [0.2, 0.25) is 5.02 Å². The molecule has 0 atom stereocenters. The van der Waals surface area contributed by atoms with Gasteiger partial charge in [-0.1, -0.05) is 61.9 Å². The van der Waals surface area contributed by atoms with E-state index in [1.807, 2.05) is 24.3 Å². The molecule has 1 aromatic carbocycles. The van der Waals surface area contributed by atoms with Gasteiger partial charge >= 0.3 is 0 Å². The third-order valence-electron chi connectivity index (χ3n) is 3.88. The molecule has 0 aromatic heterocycles. The number of Topliss-reactive ketones (excluding diaryl/α,β-unsaturated/α-hetero) is 1. The van der Waals surface area contributed by atoms with Gasteiger partial charge in [0.1, 0.15) is 5.78 Å². The van der Waals surface area contributed by atoms with Crippen molar-refractivity contribution in [2.75, 3.05) is 0 Å². The van der Waals surface area contributed by atoms with Gasteiger partial charge < -0.3 is 0 Å². The van der Waals surface area contributed by atoms with E-state index in [2.05, 4.69) is 0 Å². The first-order chi connectivity index (χ1) is 8.77. The van der Waals surface area contributed by atoms with Crippen LogP contribution in [-0.2, 0) is 11.2 Å². The fourth-order valence-electron chi connectivity index (χ4n) is 2.75. The monoisotopic (exact) mass is 264 g/mol. The molecule has 0 bridgehead atoms. The van der Waals surface area contributed by atoms with E-state index in [1.165, 1.54) is 32.1 Å². The molecule has 1 fully saturated rings. The van der Waals surface area contributed by atoms with Crippen LogP contribution in [0, 0.1) is 5.92 Å². The quantitative estimate of drug-likeness (QED) is 0.766. The average molecular weight is 265 g/mol. The molecule has 0 unspecified atom stereocenters. The summed E-state index contributed by atoms with van der Waals surface area (Å²) >= 11 is 6.11. The van der Waals surface area contributed by atoms with Crippen LogP contribution in [0.15, 0.2) is 24.3 Å². The lowest BCUT2D eigenvalue weighted by molar-refractivity contribution is -0.122. The second kappa shape index (κ2) is 6.94. The summed E-state index contributed by atoms with van der Waals surface area (Å²) in [7, 11) is 0. The predicted octanol–water partition coefficient (Wildman–Crippen LogP) is 4.81. The van der Waals surface area contributed by atoms with Gasteiger partial charge in [-0.05, 0) is 24.5 Å². The third kappa shape index (κ3) is 3.84. The summed E-state index contributed by atoms with van der Waals surface area (Å²) in [5.41, 5.74) is 0.978. The number of hydrogen-bond acceptors (Lipinski definition) is 1. The lowest BCUT2D eigenvalue weighted by Crippen LogP contribution is -2.18. The van der Waals surface area contributed by atoms with Crippen LogP contribution >= 0.6 is 11.6 Å². The van der Waals surface area contributed by atoms with E-state index < -0.39 is 0 Å². The molecule has 1 saturated carbocycles. The summed E-state index contributed by atoms with van der Waals surface area (Å²) in [5.74, 6) is 0.645. The van der Waals surface area contributed by atoms with Crippen molar-refractivity contribution in [2.45, 2.75) is 51.4 Å². The van der Waals surface area contributed by atoms with Gasteiger partial charge in [-0.3, -0.25) is 4.79 Å². The second-order valence-electron chi connectivity index (χ2n) is 5.28. The van der Waals surface area contributed by atoms with Gasteiger partial charge in [0.2, 0.25) is 0 Å². The first-order valence-electron chi connectivity index (χ1n) is 7.03. The molecule has 1 aromatic rings. The molecule has 1 aliphatic rings. The molecule has 0 aliphatic heterocycles. The lowest BCUT2D eigenvalue weighted by atomic mass is 9.86. The summed E-state index contributed by atoms with van der Waals surface area (Å²) < 4.78 is 0. The Bertz CT molecular complexity index is 392. The predicted molar refractivity (Wildman–Crippen MR) is 76.0 cm³/mol. The summed E-state index contributed by atoms with van der Waals surface area (Å²) in [5, 5.41) is 0.719. The Balaban J connectivity index is 1.96. The molecule has 0 heterocycles. The van der Waals surface area contributed by atoms with Gasteiger partial charge in [-0.25, -0.2) is 0 Å². The van der Waals surface area contributed by atoms with Crippen LogP contribution in [-0.4, -0.2) is 5.78 Å². The summed E-state index contributed by atoms with van der Waals surface area (Å²) in [6.45, 7) is 0. The normalized spacial score (nSPS) is 18.1. The fourth-order valence-corrected chi connectivity index (χ4v) is 2.95. The molecule has 0 amide bonds. The van der Waals surface area contributed by atoms with Crippen molar-refractivity contribution in [3.63, 3.8) is 0 Å². The number of carbonyl (C=O) groups excluding carboxylic acids is 1. The Morgan fingerprint density at radius 3 is 2.33 bits per heavy atom. The van der Waals surface area contributed by atoms with Crippen LogP contribution in [0.25, 0.3) is 0 Å². The molecule has 18 heavy (non-hydrogen) atoms. The maximum absolute atomic E-state index is 12.3. The summed E-state index contributed by atoms with van der Waals surface area (Å²) in [6.07, 6.45) is 8.98. The smallest absolute Gasteiger partial charge is 0.140 e. The van der Waals surface area contributed by atoms with E-state index in [1.54, 1.807) is 0 Å². The number of hydrogen-bond donors (Lipinski definition) is 0. The van der Waals surface area contributed by atoms with Crippen molar-refractivity contribution in [3.05, 3.63) is 34.9 Å². The minimum Gasteiger partial charge on any atom is -0.299 e. The van der Waals surface area contributed by atoms with E-state index >= 15 is 0 Å². The minimum absolute atomic E-state index is 0.265. The molecule has 98 valence electrons. The van der Waals surface area contributed by atoms with E-state index in [0.717, 1.165) is 23.4 Å². The first-order valence-corrected chi connectivity index (χ1v) is 7.41. The molecule has 1 aliphatic carbocycles. The van der Waals surface area contributed by atoms with Crippen LogP contribution in [0.3, 0.4) is 0 Å². The number of carbonyl (C=O) groups is 1. The molecule has 1 nitrogen and oxygen atoms in total. The fraction of sp³-hybridized carbons (Fsp3) is 0.562. The summed E-state index contributed by atoms with van der Waals surface area (Å²) in [6, 6.07) is 7.68. The topological polar surface area (TPSA) is 17.1 Å². The van der Waals surface area contributed by atoms with Crippen molar-refractivity contribution in [2.24, 2.45) is 5.92 Å². The highest BCUT2D eigenvalue weighted by atomic mass is 35.5. The van der Waals surface area contributed by atoms with Crippen molar-refractivity contribution in [1.29, 1.82) is 0 Å². The van der Waals surface area contributed by atoms with Crippen molar-refractivity contribution < 1.29 is 4.79 Å². The number of rotatable bonds is 3. The highest BCUT2D eigenvalue weighted by Crippen LogP contribution is 2.25. The molecular weight excluding hydrogens is 244 g/mol. The van der Waals surface area contributed by atoms with Crippen molar-refractivity contribution in [3.8, 4) is 0 Å². The maximum atomic E-state index is 12.3. The molecular formula is C16H21ClO. The molecule has 2 heteroatoms. The highest BCUT2D eigenvalue weighted by Gasteiger charge is 2.19. The minimum atomic E-state index is 0.265. The first kappa shape index (κ1) is 13.6. The largest absolute Gasteiger partial charge is 0.299 e. The zero-order valence-corrected chi connectivity index (χ0v) is 11.6. The Morgan fingerprint density at radius 1 is 1.06 bits per heavy atom. The highest BCUT2D eigenvalue weighted by molar-refractivity contribution is 6.31. The summed E-state index contributed by atoms with van der Waals surface area (Å²) in [4.78, 5) is 12.3.